The van der Waals surface area contributed by atoms with Gasteiger partial charge in [-0.1, -0.05) is 0 Å². The van der Waals surface area contributed by atoms with E-state index in [0.29, 0.717) is 6.04 Å². The Balaban J connectivity index is 2.37. The molecule has 0 spiro atoms. The van der Waals surface area contributed by atoms with Crippen LogP contribution in [0.15, 0.2) is 12.1 Å². The number of amidine groups is 1. The highest BCUT2D eigenvalue weighted by Crippen LogP contribution is 2.22. The molecular weight excluding hydrogens is 226 g/mol. The molecule has 1 aromatic heterocycles. The van der Waals surface area contributed by atoms with Crippen molar-refractivity contribution in [3.63, 3.8) is 0 Å². The van der Waals surface area contributed by atoms with Crippen molar-refractivity contribution in [2.45, 2.75) is 19.9 Å². The van der Waals surface area contributed by atoms with Crippen molar-refractivity contribution in [3.8, 4) is 0 Å². The number of hydrogen-bond donors (Lipinski definition) is 2. The third kappa shape index (κ3) is 2.46. The van der Waals surface area contributed by atoms with Crippen molar-refractivity contribution in [2.24, 2.45) is 5.73 Å². The van der Waals surface area contributed by atoms with Crippen molar-refractivity contribution >= 4 is 11.7 Å². The fourth-order valence-electron chi connectivity index (χ4n) is 2.43. The molecule has 2 heterocycles. The summed E-state index contributed by atoms with van der Waals surface area (Å²) in [6.45, 7) is 7.09. The largest absolute Gasteiger partial charge is 0.384 e. The quantitative estimate of drug-likeness (QED) is 0.599. The highest BCUT2D eigenvalue weighted by atomic mass is 15.3. The lowest BCUT2D eigenvalue weighted by atomic mass is 10.1. The number of likely N-dealkylation sites (N-methyl/N-ethyl adjacent to an activating group) is 1. The van der Waals surface area contributed by atoms with Crippen molar-refractivity contribution < 1.29 is 0 Å². The number of nitrogens with zero attached hydrogens (tertiary/aromatic N) is 3. The van der Waals surface area contributed by atoms with E-state index in [1.807, 2.05) is 19.1 Å². The van der Waals surface area contributed by atoms with Gasteiger partial charge in [0.2, 0.25) is 0 Å². The van der Waals surface area contributed by atoms with Crippen LogP contribution in [-0.2, 0) is 0 Å². The first-order valence-electron chi connectivity index (χ1n) is 6.26. The van der Waals surface area contributed by atoms with Crippen LogP contribution in [0.2, 0.25) is 0 Å². The number of nitrogen functional groups attached to an aromatic ring is 1. The number of pyridine rings is 1. The minimum atomic E-state index is 0.0867. The molecule has 0 bridgehead atoms. The molecule has 18 heavy (non-hydrogen) atoms. The molecule has 1 aliphatic heterocycles. The van der Waals surface area contributed by atoms with Gasteiger partial charge in [0.15, 0.2) is 0 Å². The van der Waals surface area contributed by atoms with E-state index in [1.54, 1.807) is 0 Å². The zero-order valence-corrected chi connectivity index (χ0v) is 11.3. The van der Waals surface area contributed by atoms with Crippen LogP contribution >= 0.6 is 0 Å². The summed E-state index contributed by atoms with van der Waals surface area (Å²) in [5, 5.41) is 7.67. The smallest absolute Gasteiger partial charge is 0.140 e. The van der Waals surface area contributed by atoms with Crippen molar-refractivity contribution in [1.82, 2.24) is 9.88 Å². The molecule has 1 aromatic rings. The number of piperazine rings is 1. The number of hydrogen-bond acceptors (Lipinski definition) is 4. The van der Waals surface area contributed by atoms with Gasteiger partial charge in [-0.3, -0.25) is 5.41 Å². The fraction of sp³-hybridized carbons (Fsp3) is 0.538. The summed E-state index contributed by atoms with van der Waals surface area (Å²) >= 11 is 0. The second-order valence-corrected chi connectivity index (χ2v) is 5.04. The molecule has 1 unspecified atom stereocenters. The van der Waals surface area contributed by atoms with Crippen molar-refractivity contribution in [2.75, 3.05) is 31.6 Å². The molecule has 98 valence electrons. The van der Waals surface area contributed by atoms with E-state index in [1.165, 1.54) is 0 Å². The SMILES string of the molecule is Cc1ccc(C(=N)N)c(N2CCN(C)CC2C)n1. The van der Waals surface area contributed by atoms with Gasteiger partial charge in [0.25, 0.3) is 0 Å². The Morgan fingerprint density at radius 3 is 2.78 bits per heavy atom. The number of aryl methyl sites for hydroxylation is 1. The van der Waals surface area contributed by atoms with Crippen LogP contribution in [0.4, 0.5) is 5.82 Å². The lowest BCUT2D eigenvalue weighted by molar-refractivity contribution is 0.274. The topological polar surface area (TPSA) is 69.2 Å². The Labute approximate surface area is 108 Å². The van der Waals surface area contributed by atoms with Crippen molar-refractivity contribution in [1.29, 1.82) is 5.41 Å². The lowest BCUT2D eigenvalue weighted by Crippen LogP contribution is -2.51. The Morgan fingerprint density at radius 2 is 2.17 bits per heavy atom. The number of anilines is 1. The Hall–Kier alpha value is -1.62. The molecule has 1 fully saturated rings. The predicted molar refractivity (Wildman–Crippen MR) is 74.3 cm³/mol. The first-order chi connectivity index (χ1) is 8.49. The standard InChI is InChI=1S/C13H21N5/c1-9-4-5-11(12(14)15)13(16-9)18-7-6-17(3)8-10(18)2/h4-5,10H,6-8H2,1-3H3,(H3,14,15). The molecule has 3 N–H and O–H groups in total. The Bertz CT molecular complexity index is 457. The summed E-state index contributed by atoms with van der Waals surface area (Å²) < 4.78 is 0. The number of rotatable bonds is 2. The highest BCUT2D eigenvalue weighted by Gasteiger charge is 2.25. The van der Waals surface area contributed by atoms with Crippen LogP contribution in [0.25, 0.3) is 0 Å². The molecule has 5 heteroatoms. The Morgan fingerprint density at radius 1 is 1.44 bits per heavy atom. The zero-order chi connectivity index (χ0) is 13.3. The van der Waals surface area contributed by atoms with E-state index >= 15 is 0 Å². The maximum absolute atomic E-state index is 7.67. The predicted octanol–water partition coefficient (Wildman–Crippen LogP) is 0.814. The van der Waals surface area contributed by atoms with Gasteiger partial charge >= 0.3 is 0 Å². The number of nitrogens with one attached hydrogen (secondary N) is 1. The highest BCUT2D eigenvalue weighted by molar-refractivity contribution is 5.99. The lowest BCUT2D eigenvalue weighted by Gasteiger charge is -2.39. The zero-order valence-electron chi connectivity index (χ0n) is 11.3. The fourth-order valence-corrected chi connectivity index (χ4v) is 2.43. The summed E-state index contributed by atoms with van der Waals surface area (Å²) in [4.78, 5) is 9.14. The van der Waals surface area contributed by atoms with Gasteiger partial charge in [-0.2, -0.15) is 0 Å². The molecule has 1 saturated heterocycles. The molecule has 2 rings (SSSR count). The average molecular weight is 247 g/mol. The van der Waals surface area contributed by atoms with E-state index in [2.05, 4.69) is 28.8 Å². The van der Waals surface area contributed by atoms with E-state index in [-0.39, 0.29) is 5.84 Å². The minimum absolute atomic E-state index is 0.0867. The van der Waals surface area contributed by atoms with E-state index in [4.69, 9.17) is 11.1 Å². The van der Waals surface area contributed by atoms with E-state index in [9.17, 15) is 0 Å². The summed E-state index contributed by atoms with van der Waals surface area (Å²) in [5.74, 6) is 0.937. The third-order valence-electron chi connectivity index (χ3n) is 3.41. The van der Waals surface area contributed by atoms with Crippen LogP contribution in [0.3, 0.4) is 0 Å². The van der Waals surface area contributed by atoms with Crippen LogP contribution in [0.5, 0.6) is 0 Å². The molecule has 0 aromatic carbocycles. The van der Waals surface area contributed by atoms with E-state index in [0.717, 1.165) is 36.7 Å². The van der Waals surface area contributed by atoms with Crippen LogP contribution in [0, 0.1) is 12.3 Å². The third-order valence-corrected chi connectivity index (χ3v) is 3.41. The molecule has 0 aliphatic carbocycles. The minimum Gasteiger partial charge on any atom is -0.384 e. The van der Waals surface area contributed by atoms with Gasteiger partial charge in [-0.15, -0.1) is 0 Å². The van der Waals surface area contributed by atoms with Crippen LogP contribution < -0.4 is 10.6 Å². The molecule has 1 aliphatic rings. The Kier molecular flexibility index (Phi) is 3.52. The molecule has 5 nitrogen and oxygen atoms in total. The molecule has 0 amide bonds. The normalized spacial score (nSPS) is 21.1. The average Bonchev–Trinajstić information content (AvgIpc) is 2.28. The van der Waals surface area contributed by atoms with Crippen molar-refractivity contribution in [3.05, 3.63) is 23.4 Å². The molecule has 0 saturated carbocycles. The van der Waals surface area contributed by atoms with Gasteiger partial charge in [0.05, 0.1) is 5.56 Å². The molecule has 0 radical (unpaired) electrons. The second kappa shape index (κ2) is 4.94. The summed E-state index contributed by atoms with van der Waals surface area (Å²) in [6.07, 6.45) is 0. The van der Waals surface area contributed by atoms with E-state index < -0.39 is 0 Å². The first kappa shape index (κ1) is 12.8. The summed E-state index contributed by atoms with van der Waals surface area (Å²) in [7, 11) is 2.13. The second-order valence-electron chi connectivity index (χ2n) is 5.04. The molecular formula is C13H21N5. The van der Waals surface area contributed by atoms with Gasteiger partial charge in [0.1, 0.15) is 11.7 Å². The number of aromatic nitrogens is 1. The maximum atomic E-state index is 7.67. The maximum Gasteiger partial charge on any atom is 0.140 e. The van der Waals surface area contributed by atoms with Gasteiger partial charge in [-0.25, -0.2) is 4.98 Å². The summed E-state index contributed by atoms with van der Waals surface area (Å²) in [5.41, 5.74) is 7.34. The summed E-state index contributed by atoms with van der Waals surface area (Å²) in [6, 6.07) is 4.18. The number of nitrogens with two attached hydrogens (primary N) is 1. The monoisotopic (exact) mass is 247 g/mol. The molecule has 1 atom stereocenters. The van der Waals surface area contributed by atoms with Gasteiger partial charge < -0.3 is 15.5 Å². The first-order valence-corrected chi connectivity index (χ1v) is 6.26. The van der Waals surface area contributed by atoms with Crippen LogP contribution in [-0.4, -0.2) is 48.4 Å². The van der Waals surface area contributed by atoms with Gasteiger partial charge in [0, 0.05) is 31.4 Å². The van der Waals surface area contributed by atoms with Gasteiger partial charge in [-0.05, 0) is 33.0 Å². The van der Waals surface area contributed by atoms with Crippen LogP contribution in [0.1, 0.15) is 18.2 Å².